The zero-order valence-corrected chi connectivity index (χ0v) is 18.4. The van der Waals surface area contributed by atoms with Crippen LogP contribution >= 0.6 is 11.3 Å². The molecule has 2 heterocycles. The SMILES string of the molecule is C[NH+](C)Cc1ccc([C@H]2C[C@@H]2C(=O)Nc2nc3ccc(-c4cccnc4)cc3s2)cc1. The fourth-order valence-electron chi connectivity index (χ4n) is 4.03. The number of carbonyl (C=O) groups excluding carboxylic acids is 1. The van der Waals surface area contributed by atoms with Crippen LogP contribution in [-0.2, 0) is 11.3 Å². The van der Waals surface area contributed by atoms with E-state index in [4.69, 9.17) is 0 Å². The number of quaternary nitrogens is 1. The van der Waals surface area contributed by atoms with Gasteiger partial charge in [-0.2, -0.15) is 0 Å². The molecule has 0 radical (unpaired) electrons. The van der Waals surface area contributed by atoms with Gasteiger partial charge in [-0.15, -0.1) is 0 Å². The maximum atomic E-state index is 12.8. The van der Waals surface area contributed by atoms with Crippen LogP contribution in [0.25, 0.3) is 21.3 Å². The quantitative estimate of drug-likeness (QED) is 0.491. The Kier molecular flexibility index (Phi) is 5.26. The number of rotatable bonds is 6. The first-order valence-electron chi connectivity index (χ1n) is 10.6. The Labute approximate surface area is 185 Å². The molecule has 1 saturated carbocycles. The van der Waals surface area contributed by atoms with Gasteiger partial charge in [0.2, 0.25) is 5.91 Å². The lowest BCUT2D eigenvalue weighted by molar-refractivity contribution is -0.872. The third-order valence-corrected chi connectivity index (χ3v) is 6.64. The largest absolute Gasteiger partial charge is 0.336 e. The Morgan fingerprint density at radius 3 is 2.71 bits per heavy atom. The van der Waals surface area contributed by atoms with E-state index in [9.17, 15) is 4.79 Å². The van der Waals surface area contributed by atoms with E-state index in [2.05, 4.69) is 59.7 Å². The lowest BCUT2D eigenvalue weighted by Crippen LogP contribution is -3.04. The first kappa shape index (κ1) is 19.8. The Hall–Kier alpha value is -3.09. The van der Waals surface area contributed by atoms with Crippen LogP contribution in [0.3, 0.4) is 0 Å². The summed E-state index contributed by atoms with van der Waals surface area (Å²) in [6, 6.07) is 18.8. The molecule has 2 aromatic heterocycles. The number of pyridine rings is 1. The van der Waals surface area contributed by atoms with Crippen molar-refractivity contribution in [1.29, 1.82) is 0 Å². The maximum absolute atomic E-state index is 12.8. The standard InChI is InChI=1S/C25H24N4OS/c1-29(2)15-16-5-7-17(8-6-16)20-13-21(20)24(30)28-25-27-22-10-9-18(12-23(22)31-25)19-4-3-11-26-14-19/h3-12,14,20-21H,13,15H2,1-2H3,(H,27,28,30)/p+1/t20-,21+/m1/s1. The Balaban J connectivity index is 1.25. The highest BCUT2D eigenvalue weighted by molar-refractivity contribution is 7.22. The molecule has 1 aliphatic carbocycles. The second-order valence-corrected chi connectivity index (χ2v) is 9.54. The molecule has 1 amide bonds. The van der Waals surface area contributed by atoms with E-state index in [1.54, 1.807) is 6.20 Å². The van der Waals surface area contributed by atoms with Gasteiger partial charge in [0, 0.05) is 29.4 Å². The summed E-state index contributed by atoms with van der Waals surface area (Å²) in [5.74, 6) is 0.411. The van der Waals surface area contributed by atoms with Crippen LogP contribution in [0.2, 0.25) is 0 Å². The van der Waals surface area contributed by atoms with E-state index in [1.807, 2.05) is 30.5 Å². The number of aromatic nitrogens is 2. The van der Waals surface area contributed by atoms with E-state index in [0.717, 1.165) is 34.3 Å². The maximum Gasteiger partial charge on any atom is 0.229 e. The molecule has 6 heteroatoms. The average molecular weight is 430 g/mol. The highest BCUT2D eigenvalue weighted by Gasteiger charge is 2.44. The summed E-state index contributed by atoms with van der Waals surface area (Å²) in [4.78, 5) is 23.0. The summed E-state index contributed by atoms with van der Waals surface area (Å²) in [5.41, 5.74) is 5.65. The monoisotopic (exact) mass is 429 g/mol. The minimum absolute atomic E-state index is 0.0308. The van der Waals surface area contributed by atoms with E-state index in [1.165, 1.54) is 27.4 Å². The van der Waals surface area contributed by atoms with E-state index < -0.39 is 0 Å². The van der Waals surface area contributed by atoms with Crippen LogP contribution in [0.1, 0.15) is 23.5 Å². The fourth-order valence-corrected chi connectivity index (χ4v) is 4.94. The number of anilines is 1. The van der Waals surface area contributed by atoms with Gasteiger partial charge in [0.05, 0.1) is 24.3 Å². The van der Waals surface area contributed by atoms with E-state index >= 15 is 0 Å². The molecule has 5 rings (SSSR count). The van der Waals surface area contributed by atoms with Crippen molar-refractivity contribution >= 4 is 32.6 Å². The van der Waals surface area contributed by atoms with Crippen LogP contribution in [0, 0.1) is 5.92 Å². The predicted octanol–water partition coefficient (Wildman–Crippen LogP) is 3.75. The third kappa shape index (κ3) is 4.36. The normalized spacial score (nSPS) is 17.8. The lowest BCUT2D eigenvalue weighted by Gasteiger charge is -2.08. The summed E-state index contributed by atoms with van der Waals surface area (Å²) >= 11 is 1.52. The summed E-state index contributed by atoms with van der Waals surface area (Å²) in [6.45, 7) is 1.01. The topological polar surface area (TPSA) is 59.3 Å². The molecule has 156 valence electrons. The van der Waals surface area contributed by atoms with Crippen LogP contribution in [0.15, 0.2) is 67.0 Å². The number of nitrogens with zero attached hydrogens (tertiary/aromatic N) is 2. The highest BCUT2D eigenvalue weighted by Crippen LogP contribution is 2.48. The molecular formula is C25H25N4OS+. The molecule has 2 aromatic carbocycles. The number of amides is 1. The van der Waals surface area contributed by atoms with Gasteiger partial charge >= 0.3 is 0 Å². The molecule has 2 atom stereocenters. The fraction of sp³-hybridized carbons (Fsp3) is 0.240. The van der Waals surface area contributed by atoms with Crippen molar-refractivity contribution in [3.63, 3.8) is 0 Å². The smallest absolute Gasteiger partial charge is 0.229 e. The molecule has 0 bridgehead atoms. The number of thiazole rings is 1. The van der Waals surface area contributed by atoms with Crippen molar-refractivity contribution in [2.24, 2.45) is 5.92 Å². The van der Waals surface area contributed by atoms with Gasteiger partial charge in [-0.1, -0.05) is 47.7 Å². The molecule has 1 fully saturated rings. The predicted molar refractivity (Wildman–Crippen MR) is 125 cm³/mol. The second kappa shape index (κ2) is 8.21. The van der Waals surface area contributed by atoms with Gasteiger partial charge < -0.3 is 10.2 Å². The van der Waals surface area contributed by atoms with Crippen molar-refractivity contribution in [3.05, 3.63) is 78.1 Å². The third-order valence-electron chi connectivity index (χ3n) is 5.71. The van der Waals surface area contributed by atoms with Crippen LogP contribution < -0.4 is 10.2 Å². The molecular weight excluding hydrogens is 404 g/mol. The minimum Gasteiger partial charge on any atom is -0.336 e. The summed E-state index contributed by atoms with van der Waals surface area (Å²) < 4.78 is 1.06. The average Bonchev–Trinajstić information content (AvgIpc) is 3.47. The summed E-state index contributed by atoms with van der Waals surface area (Å²) in [6.07, 6.45) is 4.53. The van der Waals surface area contributed by atoms with Crippen molar-refractivity contribution in [1.82, 2.24) is 9.97 Å². The zero-order valence-electron chi connectivity index (χ0n) is 17.6. The molecule has 2 N–H and O–H groups in total. The van der Waals surface area contributed by atoms with Gasteiger partial charge in [0.25, 0.3) is 0 Å². The summed E-state index contributed by atoms with van der Waals surface area (Å²) in [5, 5.41) is 3.71. The number of nitrogens with one attached hydrogen (secondary N) is 2. The molecule has 5 nitrogen and oxygen atoms in total. The molecule has 0 unspecified atom stereocenters. The van der Waals surface area contributed by atoms with Gasteiger partial charge in [0.1, 0.15) is 6.54 Å². The lowest BCUT2D eigenvalue weighted by atomic mass is 10.1. The molecule has 31 heavy (non-hydrogen) atoms. The van der Waals surface area contributed by atoms with Gasteiger partial charge in [0.15, 0.2) is 5.13 Å². The van der Waals surface area contributed by atoms with Crippen molar-refractivity contribution in [2.45, 2.75) is 18.9 Å². The molecule has 0 saturated heterocycles. The number of hydrogen-bond acceptors (Lipinski definition) is 4. The van der Waals surface area contributed by atoms with Gasteiger partial charge in [-0.05, 0) is 41.7 Å². The molecule has 4 aromatic rings. The molecule has 0 aliphatic heterocycles. The van der Waals surface area contributed by atoms with Crippen LogP contribution in [-0.4, -0.2) is 30.0 Å². The number of benzene rings is 2. The number of hydrogen-bond donors (Lipinski definition) is 2. The van der Waals surface area contributed by atoms with Crippen molar-refractivity contribution < 1.29 is 9.69 Å². The number of carbonyl (C=O) groups is 1. The Morgan fingerprint density at radius 2 is 1.97 bits per heavy atom. The molecule has 0 spiro atoms. The van der Waals surface area contributed by atoms with Gasteiger partial charge in [-0.3, -0.25) is 9.78 Å². The van der Waals surface area contributed by atoms with E-state index in [0.29, 0.717) is 11.0 Å². The second-order valence-electron chi connectivity index (χ2n) is 8.51. The number of fused-ring (bicyclic) bond motifs is 1. The zero-order chi connectivity index (χ0) is 21.4. The van der Waals surface area contributed by atoms with Crippen molar-refractivity contribution in [2.75, 3.05) is 19.4 Å². The van der Waals surface area contributed by atoms with Gasteiger partial charge in [-0.25, -0.2) is 4.98 Å². The first-order valence-corrected chi connectivity index (χ1v) is 11.4. The van der Waals surface area contributed by atoms with E-state index in [-0.39, 0.29) is 11.8 Å². The highest BCUT2D eigenvalue weighted by atomic mass is 32.1. The van der Waals surface area contributed by atoms with Crippen molar-refractivity contribution in [3.8, 4) is 11.1 Å². The van der Waals surface area contributed by atoms with Crippen LogP contribution in [0.4, 0.5) is 5.13 Å². The summed E-state index contributed by atoms with van der Waals surface area (Å²) in [7, 11) is 4.30. The minimum atomic E-state index is 0.0308. The first-order chi connectivity index (χ1) is 15.1. The Morgan fingerprint density at radius 1 is 1.13 bits per heavy atom. The van der Waals surface area contributed by atoms with Crippen LogP contribution in [0.5, 0.6) is 0 Å². The molecule has 1 aliphatic rings. The Bertz CT molecular complexity index is 1220.